The van der Waals surface area contributed by atoms with Crippen LogP contribution in [-0.2, 0) is 10.8 Å². The Bertz CT molecular complexity index is 8030. The van der Waals surface area contributed by atoms with Gasteiger partial charge in [0.15, 0.2) is 0 Å². The molecular weight excluding hydrogens is 1470 g/mol. The molecule has 0 amide bonds. The van der Waals surface area contributed by atoms with Crippen molar-refractivity contribution < 1.29 is 0 Å². The summed E-state index contributed by atoms with van der Waals surface area (Å²) in [7, 11) is 0. The van der Waals surface area contributed by atoms with Gasteiger partial charge in [-0.05, 0) is 301 Å². The molecule has 0 N–H and O–H groups in total. The highest BCUT2D eigenvalue weighted by Gasteiger charge is 2.46. The Morgan fingerprint density at radius 1 is 0.156 bits per heavy atom. The number of hydrogen-bond donors (Lipinski definition) is 0. The van der Waals surface area contributed by atoms with Crippen molar-refractivity contribution in [3.8, 4) is 77.9 Å². The number of hydrogen-bond acceptors (Lipinski definition) is 2. The average Bonchev–Trinajstić information content (AvgIpc) is 1.53. The fourth-order valence-corrected chi connectivity index (χ4v) is 20.9. The summed E-state index contributed by atoms with van der Waals surface area (Å²) in [5, 5.41) is 19.8. The minimum atomic E-state index is -0.572. The summed E-state index contributed by atoms with van der Waals surface area (Å²) in [6.45, 7) is 4.74. The monoisotopic (exact) mass is 1550 g/mol. The molecule has 0 spiro atoms. The molecule has 570 valence electrons. The first-order valence-electron chi connectivity index (χ1n) is 42.6. The van der Waals surface area contributed by atoms with Crippen LogP contribution in [0.3, 0.4) is 0 Å². The van der Waals surface area contributed by atoms with Crippen molar-refractivity contribution in [3.63, 3.8) is 0 Å². The van der Waals surface area contributed by atoms with E-state index >= 15 is 0 Å². The lowest BCUT2D eigenvalue weighted by atomic mass is 9.67. The number of anilines is 6. The quantitative estimate of drug-likeness (QED) is 0.106. The third-order valence-electron chi connectivity index (χ3n) is 26.8. The van der Waals surface area contributed by atoms with Gasteiger partial charge in [0.1, 0.15) is 0 Å². The van der Waals surface area contributed by atoms with E-state index in [1.165, 1.54) is 175 Å². The van der Waals surface area contributed by atoms with E-state index in [1.54, 1.807) is 0 Å². The largest absolute Gasteiger partial charge is 0.310 e. The Morgan fingerprint density at radius 2 is 0.451 bits per heavy atom. The minimum Gasteiger partial charge on any atom is -0.310 e. The van der Waals surface area contributed by atoms with Gasteiger partial charge in [-0.1, -0.05) is 360 Å². The Labute approximate surface area is 710 Å². The summed E-state index contributed by atoms with van der Waals surface area (Å²) in [6.07, 6.45) is 0. The van der Waals surface area contributed by atoms with Crippen LogP contribution in [0, 0.1) is 0 Å². The van der Waals surface area contributed by atoms with Gasteiger partial charge in [-0.25, -0.2) is 0 Å². The molecule has 2 aliphatic carbocycles. The summed E-state index contributed by atoms with van der Waals surface area (Å²) in [4.78, 5) is 4.94. The molecule has 2 heteroatoms. The highest BCUT2D eigenvalue weighted by Crippen LogP contribution is 2.58. The van der Waals surface area contributed by atoms with Crippen molar-refractivity contribution in [1.29, 1.82) is 0 Å². The van der Waals surface area contributed by atoms with Gasteiger partial charge in [-0.15, -0.1) is 0 Å². The zero-order valence-corrected chi connectivity index (χ0v) is 67.6. The number of benzene rings is 22. The van der Waals surface area contributed by atoms with Crippen molar-refractivity contribution in [3.05, 3.63) is 482 Å². The van der Waals surface area contributed by atoms with Crippen molar-refractivity contribution in [2.75, 3.05) is 9.80 Å². The van der Waals surface area contributed by atoms with Gasteiger partial charge in [-0.3, -0.25) is 0 Å². The molecule has 22 aromatic carbocycles. The van der Waals surface area contributed by atoms with Crippen molar-refractivity contribution in [1.82, 2.24) is 0 Å². The molecular formula is C120H80N2. The van der Waals surface area contributed by atoms with Crippen LogP contribution in [0.5, 0.6) is 0 Å². The zero-order valence-electron chi connectivity index (χ0n) is 67.6. The Balaban J connectivity index is 0.559. The fourth-order valence-electron chi connectivity index (χ4n) is 20.9. The molecule has 0 bridgehead atoms. The lowest BCUT2D eigenvalue weighted by molar-refractivity contribution is 0.660. The number of nitrogens with zero attached hydrogens (tertiary/aromatic N) is 2. The van der Waals surface area contributed by atoms with Crippen LogP contribution in [0.4, 0.5) is 34.1 Å². The number of rotatable bonds is 13. The molecule has 0 atom stereocenters. The first kappa shape index (κ1) is 70.7. The van der Waals surface area contributed by atoms with E-state index < -0.39 is 5.41 Å². The van der Waals surface area contributed by atoms with Crippen molar-refractivity contribution >= 4 is 120 Å². The van der Waals surface area contributed by atoms with Gasteiger partial charge in [0.25, 0.3) is 0 Å². The predicted octanol–water partition coefficient (Wildman–Crippen LogP) is 32.9. The molecule has 0 saturated carbocycles. The van der Waals surface area contributed by atoms with Crippen LogP contribution in [0.25, 0.3) is 164 Å². The molecule has 0 unspecified atom stereocenters. The van der Waals surface area contributed by atoms with Gasteiger partial charge < -0.3 is 9.80 Å². The second kappa shape index (κ2) is 28.1. The second-order valence-electron chi connectivity index (χ2n) is 33.8. The molecule has 22 aromatic rings. The first-order valence-corrected chi connectivity index (χ1v) is 42.6. The maximum Gasteiger partial charge on any atom is 0.0714 e. The summed E-state index contributed by atoms with van der Waals surface area (Å²) in [6, 6.07) is 169. The van der Waals surface area contributed by atoms with E-state index in [4.69, 9.17) is 0 Å². The van der Waals surface area contributed by atoms with E-state index in [0.717, 1.165) is 56.4 Å². The van der Waals surface area contributed by atoms with Crippen molar-refractivity contribution in [2.24, 2.45) is 0 Å². The molecule has 122 heavy (non-hydrogen) atoms. The fraction of sp³-hybridized carbons (Fsp3) is 0.0333. The van der Waals surface area contributed by atoms with E-state index in [2.05, 4.69) is 473 Å². The summed E-state index contributed by atoms with van der Waals surface area (Å²) < 4.78 is 0. The predicted molar refractivity (Wildman–Crippen MR) is 518 cm³/mol. The third kappa shape index (κ3) is 11.4. The molecule has 0 aromatic heterocycles. The van der Waals surface area contributed by atoms with Crippen LogP contribution < -0.4 is 9.80 Å². The van der Waals surface area contributed by atoms with Gasteiger partial charge in [0, 0.05) is 39.5 Å². The van der Waals surface area contributed by atoms with Crippen LogP contribution in [-0.4, -0.2) is 0 Å². The Hall–Kier alpha value is -15.5. The molecule has 0 radical (unpaired) electrons. The first-order chi connectivity index (χ1) is 60.2. The number of fused-ring (bicyclic) bond motifs is 18. The van der Waals surface area contributed by atoms with Gasteiger partial charge in [-0.2, -0.15) is 0 Å². The van der Waals surface area contributed by atoms with Crippen molar-refractivity contribution in [2.45, 2.75) is 24.7 Å². The topological polar surface area (TPSA) is 6.48 Å². The normalized spacial score (nSPS) is 13.0. The third-order valence-corrected chi connectivity index (χ3v) is 26.8. The molecule has 0 heterocycles. The zero-order chi connectivity index (χ0) is 80.7. The molecule has 2 nitrogen and oxygen atoms in total. The standard InChI is InChI=1S/C120H80N2/c1-119(2)115-42-15-13-38-111(115)113-64-56-99(75-117(113)119)121(95-32-17-24-79(71-95)83-50-58-104-87(66-83)46-44-77-22-9-11-36-101(77)104)96-33-18-27-82(72-96)86-53-61-108-91(69-86)55-63-110-103(40-21-41-109(108)110)92-54-62-107-90(70-92)49-48-89-68-85(52-60-106(89)107)81-26-20-35-98(74-81)122(97-34-19-25-80(73-97)84-51-59-105-88(67-84)47-45-78-23-10-12-37-102(78)105)100-57-65-114-112-39-14-16-43-116(112)120(118(114)76-100,93-28-5-3-6-29-93)94-30-7-4-8-31-94/h3-76H,1-2H3. The van der Waals surface area contributed by atoms with Crippen LogP contribution in [0.1, 0.15) is 47.2 Å². The smallest absolute Gasteiger partial charge is 0.0714 e. The van der Waals surface area contributed by atoms with Crippen LogP contribution in [0.2, 0.25) is 0 Å². The molecule has 0 saturated heterocycles. The molecule has 2 aliphatic rings. The summed E-state index contributed by atoms with van der Waals surface area (Å²) in [5.74, 6) is 0. The molecule has 0 fully saturated rings. The highest BCUT2D eigenvalue weighted by molar-refractivity contribution is 6.16. The van der Waals surface area contributed by atoms with E-state index in [-0.39, 0.29) is 5.41 Å². The van der Waals surface area contributed by atoms with Gasteiger partial charge in [0.2, 0.25) is 0 Å². The average molecular weight is 1550 g/mol. The SMILES string of the molecule is CC1(C)c2ccccc2-c2ccc(N(c3cccc(-c4ccc5c(ccc6ccccc65)c4)c3)c3cccc(-c4ccc5c(ccc6c(-c7ccc8c(ccc9cc(-c%10cccc(N(c%11cccc(-c%12ccc%13c(ccc%14ccccc%14%13)c%12)c%11)c%11ccc%12c(c%11)C(c%11ccccc%11)(c%11ccccc%11)c%11ccccc%11-%12)c%10)ccc98)c7)cccc65)c4)c3)cc21. The van der Waals surface area contributed by atoms with Crippen LogP contribution >= 0.6 is 0 Å². The Morgan fingerprint density at radius 3 is 0.918 bits per heavy atom. The lowest BCUT2D eigenvalue weighted by Gasteiger charge is -2.35. The maximum absolute atomic E-state index is 2.48. The van der Waals surface area contributed by atoms with E-state index in [1.807, 2.05) is 0 Å². The summed E-state index contributed by atoms with van der Waals surface area (Å²) >= 11 is 0. The summed E-state index contributed by atoms with van der Waals surface area (Å²) in [5.41, 5.74) is 30.4. The maximum atomic E-state index is 2.48. The lowest BCUT2D eigenvalue weighted by Crippen LogP contribution is -2.28. The Kier molecular flexibility index (Phi) is 16.3. The second-order valence-corrected chi connectivity index (χ2v) is 33.8. The van der Waals surface area contributed by atoms with E-state index in [9.17, 15) is 0 Å². The van der Waals surface area contributed by atoms with E-state index in [0.29, 0.717) is 0 Å². The highest BCUT2D eigenvalue weighted by atomic mass is 15.1. The molecule has 0 aliphatic heterocycles. The van der Waals surface area contributed by atoms with Crippen LogP contribution in [0.15, 0.2) is 449 Å². The van der Waals surface area contributed by atoms with Gasteiger partial charge >= 0.3 is 0 Å². The molecule has 24 rings (SSSR count). The van der Waals surface area contributed by atoms with Gasteiger partial charge in [0.05, 0.1) is 5.41 Å². The minimum absolute atomic E-state index is 0.165.